The quantitative estimate of drug-likeness (QED) is 0.255. The van der Waals surface area contributed by atoms with Gasteiger partial charge in [0.05, 0.1) is 12.7 Å². The van der Waals surface area contributed by atoms with E-state index in [9.17, 15) is 15.3 Å². The predicted molar refractivity (Wildman–Crippen MR) is 120 cm³/mol. The Balaban J connectivity index is 1.77. The van der Waals surface area contributed by atoms with Gasteiger partial charge in [0.15, 0.2) is 0 Å². The van der Waals surface area contributed by atoms with Crippen molar-refractivity contribution in [3.05, 3.63) is 65.2 Å². The molecule has 0 heterocycles. The molecule has 2 aromatic rings. The maximum absolute atomic E-state index is 10.5. The molecule has 4 N–H and O–H groups in total. The summed E-state index contributed by atoms with van der Waals surface area (Å²) in [5.74, 6) is 0.0395. The van der Waals surface area contributed by atoms with Crippen LogP contribution in [0.1, 0.15) is 68.2 Å². The Labute approximate surface area is 180 Å². The van der Waals surface area contributed by atoms with Crippen LogP contribution in [0.2, 0.25) is 0 Å². The molecule has 2 atom stereocenters. The third-order valence-electron chi connectivity index (χ3n) is 5.29. The monoisotopic (exact) mass is 415 g/mol. The summed E-state index contributed by atoms with van der Waals surface area (Å²) in [6.45, 7) is 2.97. The second kappa shape index (κ2) is 14.1. The largest absolute Gasteiger partial charge is 0.508 e. The lowest BCUT2D eigenvalue weighted by atomic mass is 10.1. The molecule has 2 rings (SSSR count). The fraction of sp³-hybridized carbons (Fsp3) is 0.520. The molecule has 0 aliphatic heterocycles. The van der Waals surface area contributed by atoms with Crippen molar-refractivity contribution in [2.45, 2.75) is 70.8 Å². The van der Waals surface area contributed by atoms with E-state index in [-0.39, 0.29) is 18.6 Å². The van der Waals surface area contributed by atoms with Crippen molar-refractivity contribution in [2.75, 3.05) is 13.2 Å². The Kier molecular flexibility index (Phi) is 11.5. The van der Waals surface area contributed by atoms with Crippen LogP contribution in [-0.2, 0) is 17.8 Å². The number of ether oxygens (including phenoxy) is 1. The molecule has 5 heteroatoms. The molecule has 0 saturated carbocycles. The van der Waals surface area contributed by atoms with Gasteiger partial charge in [-0.1, -0.05) is 56.2 Å². The van der Waals surface area contributed by atoms with Crippen LogP contribution in [0.15, 0.2) is 48.5 Å². The van der Waals surface area contributed by atoms with Crippen LogP contribution in [0.5, 0.6) is 5.75 Å². The van der Waals surface area contributed by atoms with Crippen LogP contribution >= 0.6 is 0 Å². The van der Waals surface area contributed by atoms with Gasteiger partial charge >= 0.3 is 0 Å². The lowest BCUT2D eigenvalue weighted by molar-refractivity contribution is 0.0114. The molecule has 0 saturated heterocycles. The highest BCUT2D eigenvalue weighted by Gasteiger charge is 2.14. The van der Waals surface area contributed by atoms with Crippen LogP contribution in [0, 0.1) is 0 Å². The molecular weight excluding hydrogens is 378 g/mol. The summed E-state index contributed by atoms with van der Waals surface area (Å²) in [7, 11) is 0. The first-order chi connectivity index (χ1) is 14.6. The van der Waals surface area contributed by atoms with Crippen molar-refractivity contribution in [2.24, 2.45) is 0 Å². The molecule has 2 aromatic carbocycles. The molecule has 0 radical (unpaired) electrons. The van der Waals surface area contributed by atoms with Gasteiger partial charge in [0.2, 0.25) is 0 Å². The number of aliphatic hydroxyl groups excluding tert-OH is 2. The van der Waals surface area contributed by atoms with E-state index in [2.05, 4.69) is 36.5 Å². The highest BCUT2D eigenvalue weighted by molar-refractivity contribution is 5.36. The SMILES string of the molecule is CCCCCC(NCC(O)c1ccc(O)c(CO)c1)OCCCCc1ccccc1. The lowest BCUT2D eigenvalue weighted by Crippen LogP contribution is -2.35. The van der Waals surface area contributed by atoms with Crippen molar-refractivity contribution in [3.8, 4) is 5.75 Å². The molecule has 0 spiro atoms. The first-order valence-corrected chi connectivity index (χ1v) is 11.1. The number of nitrogens with one attached hydrogen (secondary N) is 1. The van der Waals surface area contributed by atoms with Gasteiger partial charge in [-0.2, -0.15) is 0 Å². The summed E-state index contributed by atoms with van der Waals surface area (Å²) in [4.78, 5) is 0. The van der Waals surface area contributed by atoms with Gasteiger partial charge in [-0.05, 0) is 55.4 Å². The molecule has 2 unspecified atom stereocenters. The number of phenols is 1. The normalized spacial score (nSPS) is 13.3. The number of rotatable bonds is 15. The third kappa shape index (κ3) is 8.84. The van der Waals surface area contributed by atoms with E-state index >= 15 is 0 Å². The molecule has 5 nitrogen and oxygen atoms in total. The molecule has 0 bridgehead atoms. The summed E-state index contributed by atoms with van der Waals surface area (Å²) in [6, 6.07) is 15.3. The second-order valence-electron chi connectivity index (χ2n) is 7.77. The Hall–Kier alpha value is -1.92. The van der Waals surface area contributed by atoms with Crippen molar-refractivity contribution in [3.63, 3.8) is 0 Å². The molecule has 30 heavy (non-hydrogen) atoms. The van der Waals surface area contributed by atoms with Gasteiger partial charge in [0.25, 0.3) is 0 Å². The summed E-state index contributed by atoms with van der Waals surface area (Å²) in [5.41, 5.74) is 2.44. The maximum atomic E-state index is 10.5. The average molecular weight is 416 g/mol. The Morgan fingerprint density at radius 2 is 1.80 bits per heavy atom. The van der Waals surface area contributed by atoms with Crippen molar-refractivity contribution in [1.82, 2.24) is 5.32 Å². The zero-order chi connectivity index (χ0) is 21.6. The fourth-order valence-electron chi connectivity index (χ4n) is 3.43. The van der Waals surface area contributed by atoms with Crippen LogP contribution in [0.3, 0.4) is 0 Å². The topological polar surface area (TPSA) is 82.0 Å². The summed E-state index contributed by atoms with van der Waals surface area (Å²) in [5, 5.41) is 32.8. The standard InChI is InChI=1S/C25H37NO4/c1-2-3-5-13-25(30-16-9-8-12-20-10-6-4-7-11-20)26-18-24(29)21-14-15-23(28)22(17-21)19-27/h4,6-7,10-11,14-15,17,24-29H,2-3,5,8-9,12-13,16,18-19H2,1H3. The Morgan fingerprint density at radius 3 is 2.53 bits per heavy atom. The first-order valence-electron chi connectivity index (χ1n) is 11.1. The van der Waals surface area contributed by atoms with Crippen LogP contribution < -0.4 is 5.32 Å². The van der Waals surface area contributed by atoms with Gasteiger partial charge in [0.1, 0.15) is 12.0 Å². The predicted octanol–water partition coefficient (Wildman–Crippen LogP) is 4.45. The van der Waals surface area contributed by atoms with Crippen LogP contribution in [0.25, 0.3) is 0 Å². The van der Waals surface area contributed by atoms with E-state index in [0.29, 0.717) is 24.3 Å². The summed E-state index contributed by atoms with van der Waals surface area (Å²) in [6.07, 6.45) is 6.65. The van der Waals surface area contributed by atoms with Crippen molar-refractivity contribution >= 4 is 0 Å². The Bertz CT molecular complexity index is 708. The van der Waals surface area contributed by atoms with Crippen molar-refractivity contribution in [1.29, 1.82) is 0 Å². The van der Waals surface area contributed by atoms with Crippen LogP contribution in [-0.4, -0.2) is 34.7 Å². The second-order valence-corrected chi connectivity index (χ2v) is 7.77. The van der Waals surface area contributed by atoms with E-state index in [1.165, 1.54) is 11.6 Å². The van der Waals surface area contributed by atoms with E-state index in [1.54, 1.807) is 12.1 Å². The number of hydrogen-bond donors (Lipinski definition) is 4. The highest BCUT2D eigenvalue weighted by Crippen LogP contribution is 2.22. The van der Waals surface area contributed by atoms with Gasteiger partial charge in [-0.3, -0.25) is 5.32 Å². The lowest BCUT2D eigenvalue weighted by Gasteiger charge is -2.22. The van der Waals surface area contributed by atoms with E-state index in [1.807, 2.05) is 6.07 Å². The Morgan fingerprint density at radius 1 is 1.00 bits per heavy atom. The molecule has 0 aliphatic carbocycles. The first kappa shape index (κ1) is 24.4. The van der Waals surface area contributed by atoms with Gasteiger partial charge < -0.3 is 20.1 Å². The van der Waals surface area contributed by atoms with Crippen LogP contribution in [0.4, 0.5) is 0 Å². The fourth-order valence-corrected chi connectivity index (χ4v) is 3.43. The summed E-state index contributed by atoms with van der Waals surface area (Å²) < 4.78 is 6.07. The van der Waals surface area contributed by atoms with E-state index in [0.717, 1.165) is 44.9 Å². The molecular formula is C25H37NO4. The zero-order valence-electron chi connectivity index (χ0n) is 18.1. The highest BCUT2D eigenvalue weighted by atomic mass is 16.5. The number of unbranched alkanes of at least 4 members (excludes halogenated alkanes) is 3. The minimum atomic E-state index is -0.730. The van der Waals surface area contributed by atoms with E-state index < -0.39 is 6.10 Å². The number of hydrogen-bond acceptors (Lipinski definition) is 5. The molecule has 0 fully saturated rings. The number of aromatic hydroxyl groups is 1. The minimum absolute atomic E-state index is 0.0395. The maximum Gasteiger partial charge on any atom is 0.121 e. The smallest absolute Gasteiger partial charge is 0.121 e. The molecule has 0 aromatic heterocycles. The number of aryl methyl sites for hydroxylation is 1. The van der Waals surface area contributed by atoms with Gasteiger partial charge in [-0.25, -0.2) is 0 Å². The minimum Gasteiger partial charge on any atom is -0.508 e. The van der Waals surface area contributed by atoms with Gasteiger partial charge in [0, 0.05) is 18.7 Å². The molecule has 0 aliphatic rings. The van der Waals surface area contributed by atoms with Crippen molar-refractivity contribution < 1.29 is 20.1 Å². The number of aliphatic hydroxyl groups is 2. The van der Waals surface area contributed by atoms with Gasteiger partial charge in [-0.15, -0.1) is 0 Å². The zero-order valence-corrected chi connectivity index (χ0v) is 18.1. The third-order valence-corrected chi connectivity index (χ3v) is 5.29. The van der Waals surface area contributed by atoms with E-state index in [4.69, 9.17) is 4.74 Å². The molecule has 166 valence electrons. The molecule has 0 amide bonds. The number of benzene rings is 2. The average Bonchev–Trinajstić information content (AvgIpc) is 2.77. The summed E-state index contributed by atoms with van der Waals surface area (Å²) >= 11 is 0.